The van der Waals surface area contributed by atoms with Crippen molar-refractivity contribution in [3.05, 3.63) is 39.9 Å². The van der Waals surface area contributed by atoms with E-state index in [0.29, 0.717) is 12.0 Å². The average Bonchev–Trinajstić information content (AvgIpc) is 2.38. The number of non-ortho nitro benzene ring substituents is 1. The lowest BCUT2D eigenvalue weighted by Crippen LogP contribution is -2.27. The van der Waals surface area contributed by atoms with Crippen molar-refractivity contribution in [2.45, 2.75) is 32.8 Å². The minimum Gasteiger partial charge on any atom is -0.387 e. The van der Waals surface area contributed by atoms with Crippen molar-refractivity contribution in [3.63, 3.8) is 0 Å². The number of aliphatic hydroxyl groups excluding tert-OH is 1. The van der Waals surface area contributed by atoms with Crippen molar-refractivity contribution in [3.8, 4) is 0 Å². The summed E-state index contributed by atoms with van der Waals surface area (Å²) in [5, 5.41) is 20.7. The number of nitro groups is 1. The molecule has 1 rings (SSSR count). The van der Waals surface area contributed by atoms with Gasteiger partial charge >= 0.3 is 0 Å². The predicted molar refractivity (Wildman–Crippen MR) is 67.1 cm³/mol. The van der Waals surface area contributed by atoms with Crippen LogP contribution in [0.4, 0.5) is 5.69 Å². The van der Waals surface area contributed by atoms with Gasteiger partial charge < -0.3 is 9.90 Å². The summed E-state index contributed by atoms with van der Waals surface area (Å²) in [6, 6.07) is 5.63. The zero-order valence-corrected chi connectivity index (χ0v) is 10.5. The van der Waals surface area contributed by atoms with Crippen LogP contribution in [-0.4, -0.2) is 16.3 Å². The Hall–Kier alpha value is -1.75. The van der Waals surface area contributed by atoms with Crippen LogP contribution >= 0.6 is 0 Å². The van der Waals surface area contributed by atoms with Crippen LogP contribution in [0.2, 0.25) is 0 Å². The van der Waals surface area contributed by atoms with Crippen molar-refractivity contribution < 1.29 is 14.8 Å². The Morgan fingerprint density at radius 3 is 2.39 bits per heavy atom. The van der Waals surface area contributed by atoms with E-state index in [9.17, 15) is 20.0 Å². The van der Waals surface area contributed by atoms with Gasteiger partial charge in [0.15, 0.2) is 0 Å². The number of aliphatic hydroxyl groups is 1. The maximum absolute atomic E-state index is 11.1. The van der Waals surface area contributed by atoms with Crippen LogP contribution in [0.25, 0.3) is 0 Å². The third-order valence-electron chi connectivity index (χ3n) is 3.10. The molecule has 5 nitrogen and oxygen atoms in total. The number of carbonyl (C=O) groups is 1. The molecule has 1 N–H and O–H groups in total. The van der Waals surface area contributed by atoms with Crippen LogP contribution in [-0.2, 0) is 4.79 Å². The average molecular weight is 251 g/mol. The summed E-state index contributed by atoms with van der Waals surface area (Å²) >= 11 is 0. The molecule has 0 unspecified atom stereocenters. The molecule has 0 aliphatic rings. The first-order chi connectivity index (χ1) is 8.44. The van der Waals surface area contributed by atoms with E-state index in [2.05, 4.69) is 0 Å². The van der Waals surface area contributed by atoms with Gasteiger partial charge in [-0.15, -0.1) is 0 Å². The van der Waals surface area contributed by atoms with E-state index in [1.54, 1.807) is 6.92 Å². The normalized spacial score (nSPS) is 15.7. The van der Waals surface area contributed by atoms with E-state index in [0.717, 1.165) is 12.7 Å². The van der Waals surface area contributed by atoms with E-state index in [-0.39, 0.29) is 5.69 Å². The predicted octanol–water partition coefficient (Wildman–Crippen LogP) is 2.63. The van der Waals surface area contributed by atoms with E-state index in [4.69, 9.17) is 0 Å². The molecule has 18 heavy (non-hydrogen) atoms. The summed E-state index contributed by atoms with van der Waals surface area (Å²) < 4.78 is 0. The Bertz CT molecular complexity index is 429. The lowest BCUT2D eigenvalue weighted by Gasteiger charge is -2.28. The van der Waals surface area contributed by atoms with Crippen LogP contribution in [0, 0.1) is 15.5 Å². The molecule has 5 heteroatoms. The second-order valence-electron chi connectivity index (χ2n) is 4.62. The number of aldehydes is 1. The summed E-state index contributed by atoms with van der Waals surface area (Å²) in [4.78, 5) is 21.2. The Balaban J connectivity index is 2.98. The van der Waals surface area contributed by atoms with Crippen molar-refractivity contribution >= 4 is 12.0 Å². The fraction of sp³-hybridized carbons (Fsp3) is 0.462. The molecule has 0 saturated heterocycles. The van der Waals surface area contributed by atoms with Gasteiger partial charge in [-0.3, -0.25) is 10.1 Å². The molecule has 2 atom stereocenters. The highest BCUT2D eigenvalue weighted by molar-refractivity contribution is 5.60. The molecule has 1 aromatic carbocycles. The third-order valence-corrected chi connectivity index (χ3v) is 3.10. The molecule has 0 fully saturated rings. The Labute approximate surface area is 106 Å². The first-order valence-electron chi connectivity index (χ1n) is 5.83. The molecule has 0 aromatic heterocycles. The van der Waals surface area contributed by atoms with Crippen molar-refractivity contribution in [1.29, 1.82) is 0 Å². The Kier molecular flexibility index (Phi) is 4.55. The fourth-order valence-electron chi connectivity index (χ4n) is 1.96. The molecule has 0 heterocycles. The Morgan fingerprint density at radius 1 is 1.44 bits per heavy atom. The molecule has 98 valence electrons. The molecule has 0 aliphatic carbocycles. The van der Waals surface area contributed by atoms with E-state index in [1.807, 2.05) is 6.92 Å². The van der Waals surface area contributed by atoms with Gasteiger partial charge in [0.1, 0.15) is 6.29 Å². The summed E-state index contributed by atoms with van der Waals surface area (Å²) in [7, 11) is 0. The van der Waals surface area contributed by atoms with Gasteiger partial charge in [0.25, 0.3) is 5.69 Å². The molecule has 0 amide bonds. The second kappa shape index (κ2) is 5.73. The molecule has 0 bridgehead atoms. The van der Waals surface area contributed by atoms with E-state index >= 15 is 0 Å². The largest absolute Gasteiger partial charge is 0.387 e. The first-order valence-corrected chi connectivity index (χ1v) is 5.83. The molecule has 0 radical (unpaired) electrons. The van der Waals surface area contributed by atoms with Gasteiger partial charge in [0, 0.05) is 12.1 Å². The smallest absolute Gasteiger partial charge is 0.269 e. The monoisotopic (exact) mass is 251 g/mol. The third kappa shape index (κ3) is 2.92. The standard InChI is InChI=1S/C13H17NO4/c1-3-8-13(2,9-15)12(16)10-4-6-11(7-5-10)14(17)18/h4-7,9,12,16H,3,8H2,1-2H3/t12-,13+/m0/s1. The molecule has 0 aliphatic heterocycles. The molecule has 0 spiro atoms. The molecular formula is C13H17NO4. The fourth-order valence-corrected chi connectivity index (χ4v) is 1.96. The van der Waals surface area contributed by atoms with Crippen LogP contribution in [0.1, 0.15) is 38.4 Å². The number of rotatable bonds is 6. The summed E-state index contributed by atoms with van der Waals surface area (Å²) in [6.45, 7) is 3.62. The van der Waals surface area contributed by atoms with Crippen LogP contribution in [0.3, 0.4) is 0 Å². The van der Waals surface area contributed by atoms with E-state index < -0.39 is 16.4 Å². The second-order valence-corrected chi connectivity index (χ2v) is 4.62. The molecule has 0 saturated carbocycles. The first kappa shape index (κ1) is 14.3. The number of nitro benzene ring substituents is 1. The zero-order valence-electron chi connectivity index (χ0n) is 10.5. The molecule has 1 aromatic rings. The van der Waals surface area contributed by atoms with Crippen molar-refractivity contribution in [2.75, 3.05) is 0 Å². The summed E-state index contributed by atoms with van der Waals surface area (Å²) in [6.07, 6.45) is 1.15. The van der Waals surface area contributed by atoms with Crippen molar-refractivity contribution in [2.24, 2.45) is 5.41 Å². The Morgan fingerprint density at radius 2 is 2.00 bits per heavy atom. The van der Waals surface area contributed by atoms with Crippen molar-refractivity contribution in [1.82, 2.24) is 0 Å². The number of hydrogen-bond donors (Lipinski definition) is 1. The quantitative estimate of drug-likeness (QED) is 0.478. The van der Waals surface area contributed by atoms with Crippen LogP contribution < -0.4 is 0 Å². The zero-order chi connectivity index (χ0) is 13.8. The minimum atomic E-state index is -0.948. The van der Waals surface area contributed by atoms with Gasteiger partial charge in [-0.05, 0) is 24.1 Å². The van der Waals surface area contributed by atoms with Crippen LogP contribution in [0.15, 0.2) is 24.3 Å². The number of carbonyl (C=O) groups excluding carboxylic acids is 1. The number of benzene rings is 1. The van der Waals surface area contributed by atoms with Gasteiger partial charge in [0.2, 0.25) is 0 Å². The minimum absolute atomic E-state index is 0.0331. The summed E-state index contributed by atoms with van der Waals surface area (Å²) in [5.74, 6) is 0. The van der Waals surface area contributed by atoms with E-state index in [1.165, 1.54) is 24.3 Å². The van der Waals surface area contributed by atoms with Gasteiger partial charge in [0.05, 0.1) is 16.4 Å². The van der Waals surface area contributed by atoms with Gasteiger partial charge in [-0.25, -0.2) is 0 Å². The number of nitrogens with zero attached hydrogens (tertiary/aromatic N) is 1. The number of hydrogen-bond acceptors (Lipinski definition) is 4. The van der Waals surface area contributed by atoms with Gasteiger partial charge in [-0.1, -0.05) is 20.3 Å². The maximum Gasteiger partial charge on any atom is 0.269 e. The lowest BCUT2D eigenvalue weighted by atomic mass is 9.78. The molecular weight excluding hydrogens is 234 g/mol. The lowest BCUT2D eigenvalue weighted by molar-refractivity contribution is -0.384. The topological polar surface area (TPSA) is 80.4 Å². The highest BCUT2D eigenvalue weighted by Gasteiger charge is 2.33. The SMILES string of the molecule is CCC[C@](C)(C=O)[C@@H](O)c1ccc([N+](=O)[O-])cc1. The van der Waals surface area contributed by atoms with Crippen LogP contribution in [0.5, 0.6) is 0 Å². The highest BCUT2D eigenvalue weighted by atomic mass is 16.6. The maximum atomic E-state index is 11.1. The summed E-state index contributed by atoms with van der Waals surface area (Å²) in [5.41, 5.74) is -0.372. The van der Waals surface area contributed by atoms with Gasteiger partial charge in [-0.2, -0.15) is 0 Å². The highest BCUT2D eigenvalue weighted by Crippen LogP contribution is 2.36.